The summed E-state index contributed by atoms with van der Waals surface area (Å²) in [5.41, 5.74) is 5.97. The largest absolute Gasteiger partial charge is 0.464 e. The highest BCUT2D eigenvalue weighted by Gasteiger charge is 2.30. The zero-order valence-electron chi connectivity index (χ0n) is 18.4. The van der Waals surface area contributed by atoms with Crippen LogP contribution in [0.1, 0.15) is 34.2 Å². The summed E-state index contributed by atoms with van der Waals surface area (Å²) in [5, 5.41) is 5.14. The Morgan fingerprint density at radius 1 is 1.16 bits per heavy atom. The predicted octanol–water partition coefficient (Wildman–Crippen LogP) is 4.55. The fourth-order valence-electron chi connectivity index (χ4n) is 4.36. The van der Waals surface area contributed by atoms with Crippen molar-refractivity contribution in [2.45, 2.75) is 33.3 Å². The molecule has 1 fully saturated rings. The van der Waals surface area contributed by atoms with E-state index >= 15 is 0 Å². The molecule has 0 radical (unpaired) electrons. The molecule has 3 heterocycles. The number of carbonyl (C=O) groups is 1. The summed E-state index contributed by atoms with van der Waals surface area (Å²) >= 11 is 0. The number of hydrogen-bond acceptors (Lipinski definition) is 6. The zero-order chi connectivity index (χ0) is 22.2. The van der Waals surface area contributed by atoms with Gasteiger partial charge in [-0.25, -0.2) is 0 Å². The molecule has 0 spiro atoms. The third-order valence-electron chi connectivity index (χ3n) is 5.96. The average Bonchev–Trinajstić information content (AvgIpc) is 3.42. The maximum Gasteiger partial charge on any atom is 0.257 e. The minimum atomic E-state index is -0.441. The van der Waals surface area contributed by atoms with E-state index < -0.39 is 6.10 Å². The molecular weight excluding hydrogens is 406 g/mol. The number of furan rings is 1. The number of benzene rings is 2. The Kier molecular flexibility index (Phi) is 5.27. The van der Waals surface area contributed by atoms with E-state index in [1.54, 1.807) is 11.2 Å². The average molecular weight is 431 g/mol. The van der Waals surface area contributed by atoms with Gasteiger partial charge in [-0.1, -0.05) is 35.5 Å². The number of rotatable bonds is 4. The molecule has 0 N–H and O–H groups in total. The van der Waals surface area contributed by atoms with Crippen LogP contribution in [0.4, 0.5) is 0 Å². The first-order valence-corrected chi connectivity index (χ1v) is 10.8. The minimum absolute atomic E-state index is 0.0274. The fourth-order valence-corrected chi connectivity index (χ4v) is 4.36. The Labute approximate surface area is 186 Å². The van der Waals surface area contributed by atoms with Crippen LogP contribution in [0.3, 0.4) is 0 Å². The van der Waals surface area contributed by atoms with Crippen LogP contribution in [0.2, 0.25) is 0 Å². The Balaban J connectivity index is 1.31. The third-order valence-corrected chi connectivity index (χ3v) is 5.96. The summed E-state index contributed by atoms with van der Waals surface area (Å²) < 4.78 is 17.1. The smallest absolute Gasteiger partial charge is 0.257 e. The standard InChI is InChI=1S/C25H25N3O4/c1-15-10-17(3)23-18(14-31-20(23)11-15)12-22(29)28-8-9-30-21(13-28)25-26-24(27-32-25)19-7-5-4-6-16(19)2/h4-7,10-11,14,21H,8-9,12-13H2,1-3H3/t21-/m1/s1. The lowest BCUT2D eigenvalue weighted by atomic mass is 10.0. The molecule has 7 nitrogen and oxygen atoms in total. The highest BCUT2D eigenvalue weighted by Crippen LogP contribution is 2.29. The van der Waals surface area contributed by atoms with Crippen molar-refractivity contribution in [2.24, 2.45) is 0 Å². The summed E-state index contributed by atoms with van der Waals surface area (Å²) in [7, 11) is 0. The van der Waals surface area contributed by atoms with Gasteiger partial charge in [0.25, 0.3) is 5.89 Å². The van der Waals surface area contributed by atoms with Gasteiger partial charge in [0.1, 0.15) is 5.58 Å². The number of amides is 1. The van der Waals surface area contributed by atoms with Gasteiger partial charge < -0.3 is 18.6 Å². The molecule has 1 aliphatic rings. The van der Waals surface area contributed by atoms with Crippen molar-refractivity contribution >= 4 is 16.9 Å². The second-order valence-corrected chi connectivity index (χ2v) is 8.36. The maximum absolute atomic E-state index is 13.1. The Hall–Kier alpha value is -3.45. The minimum Gasteiger partial charge on any atom is -0.464 e. The number of nitrogens with zero attached hydrogens (tertiary/aromatic N) is 3. The van der Waals surface area contributed by atoms with E-state index in [0.717, 1.165) is 38.8 Å². The van der Waals surface area contributed by atoms with E-state index in [1.165, 1.54) is 0 Å². The zero-order valence-corrected chi connectivity index (χ0v) is 18.4. The molecule has 7 heteroatoms. The van der Waals surface area contributed by atoms with E-state index in [1.807, 2.05) is 51.1 Å². The molecule has 2 aromatic carbocycles. The number of morpholine rings is 1. The van der Waals surface area contributed by atoms with Crippen LogP contribution in [0.5, 0.6) is 0 Å². The molecule has 1 atom stereocenters. The molecular formula is C25H25N3O4. The van der Waals surface area contributed by atoms with Gasteiger partial charge >= 0.3 is 0 Å². The molecule has 1 saturated heterocycles. The molecule has 1 amide bonds. The molecule has 0 bridgehead atoms. The highest BCUT2D eigenvalue weighted by atomic mass is 16.5. The molecule has 4 aromatic rings. The quantitative estimate of drug-likeness (QED) is 0.471. The topological polar surface area (TPSA) is 81.6 Å². The number of carbonyl (C=O) groups excluding carboxylic acids is 1. The molecule has 0 saturated carbocycles. The number of aromatic nitrogens is 2. The molecule has 2 aromatic heterocycles. The van der Waals surface area contributed by atoms with Crippen LogP contribution < -0.4 is 0 Å². The molecule has 164 valence electrons. The summed E-state index contributed by atoms with van der Waals surface area (Å²) in [6.45, 7) is 7.42. The number of hydrogen-bond donors (Lipinski definition) is 0. The van der Waals surface area contributed by atoms with Crippen LogP contribution in [-0.2, 0) is 16.0 Å². The van der Waals surface area contributed by atoms with Crippen molar-refractivity contribution in [3.05, 3.63) is 70.8 Å². The van der Waals surface area contributed by atoms with E-state index in [4.69, 9.17) is 13.7 Å². The normalized spacial score (nSPS) is 16.6. The van der Waals surface area contributed by atoms with Gasteiger partial charge in [-0.3, -0.25) is 4.79 Å². The molecule has 32 heavy (non-hydrogen) atoms. The van der Waals surface area contributed by atoms with E-state index in [-0.39, 0.29) is 12.3 Å². The van der Waals surface area contributed by atoms with E-state index in [9.17, 15) is 4.79 Å². The lowest BCUT2D eigenvalue weighted by Crippen LogP contribution is -2.43. The van der Waals surface area contributed by atoms with Crippen molar-refractivity contribution in [1.29, 1.82) is 0 Å². The van der Waals surface area contributed by atoms with Gasteiger partial charge in [-0.2, -0.15) is 4.98 Å². The van der Waals surface area contributed by atoms with Crippen molar-refractivity contribution in [1.82, 2.24) is 15.0 Å². The second kappa shape index (κ2) is 8.24. The van der Waals surface area contributed by atoms with Crippen molar-refractivity contribution in [3.63, 3.8) is 0 Å². The lowest BCUT2D eigenvalue weighted by molar-refractivity contribution is -0.139. The fraction of sp³-hybridized carbons (Fsp3) is 0.320. The van der Waals surface area contributed by atoms with Crippen LogP contribution in [-0.4, -0.2) is 40.6 Å². The summed E-state index contributed by atoms with van der Waals surface area (Å²) in [6.07, 6.45) is 1.53. The van der Waals surface area contributed by atoms with Gasteiger partial charge in [-0.05, 0) is 43.5 Å². The van der Waals surface area contributed by atoms with Gasteiger partial charge in [0.2, 0.25) is 11.7 Å². The first-order chi connectivity index (χ1) is 15.5. The van der Waals surface area contributed by atoms with Gasteiger partial charge in [0, 0.05) is 23.1 Å². The highest BCUT2D eigenvalue weighted by molar-refractivity contribution is 5.90. The van der Waals surface area contributed by atoms with Gasteiger partial charge in [0.15, 0.2) is 6.10 Å². The number of fused-ring (bicyclic) bond motifs is 1. The number of ether oxygens (including phenoxy) is 1. The lowest BCUT2D eigenvalue weighted by Gasteiger charge is -2.31. The molecule has 5 rings (SSSR count). The van der Waals surface area contributed by atoms with Gasteiger partial charge in [-0.15, -0.1) is 0 Å². The summed E-state index contributed by atoms with van der Waals surface area (Å²) in [6, 6.07) is 12.0. The predicted molar refractivity (Wildman–Crippen MR) is 119 cm³/mol. The first kappa shape index (κ1) is 20.5. The molecule has 1 aliphatic heterocycles. The van der Waals surface area contributed by atoms with Crippen LogP contribution >= 0.6 is 0 Å². The first-order valence-electron chi connectivity index (χ1n) is 10.8. The Bertz CT molecular complexity index is 1290. The SMILES string of the molecule is Cc1cc(C)c2c(CC(=O)N3CCO[C@@H](c4nc(-c5ccccc5C)no4)C3)coc2c1. The Morgan fingerprint density at radius 2 is 2.00 bits per heavy atom. The van der Waals surface area contributed by atoms with E-state index in [2.05, 4.69) is 16.2 Å². The molecule has 0 aliphatic carbocycles. The van der Waals surface area contributed by atoms with E-state index in [0.29, 0.717) is 31.4 Å². The second-order valence-electron chi connectivity index (χ2n) is 8.36. The van der Waals surface area contributed by atoms with Crippen molar-refractivity contribution in [2.75, 3.05) is 19.7 Å². The third kappa shape index (κ3) is 3.80. The summed E-state index contributed by atoms with van der Waals surface area (Å²) in [5.74, 6) is 0.946. The van der Waals surface area contributed by atoms with Crippen molar-refractivity contribution < 1.29 is 18.5 Å². The van der Waals surface area contributed by atoms with Crippen LogP contribution in [0.15, 0.2) is 51.6 Å². The molecule has 0 unspecified atom stereocenters. The summed E-state index contributed by atoms with van der Waals surface area (Å²) in [4.78, 5) is 19.4. The van der Waals surface area contributed by atoms with Gasteiger partial charge in [0.05, 0.1) is 25.8 Å². The number of aryl methyl sites for hydroxylation is 3. The monoisotopic (exact) mass is 431 g/mol. The van der Waals surface area contributed by atoms with Crippen LogP contribution in [0, 0.1) is 20.8 Å². The van der Waals surface area contributed by atoms with Crippen molar-refractivity contribution in [3.8, 4) is 11.4 Å². The van der Waals surface area contributed by atoms with Crippen LogP contribution in [0.25, 0.3) is 22.4 Å². The maximum atomic E-state index is 13.1. The Morgan fingerprint density at radius 3 is 2.84 bits per heavy atom.